The van der Waals surface area contributed by atoms with Gasteiger partial charge in [-0.3, -0.25) is 10.1 Å². The first-order valence-corrected chi connectivity index (χ1v) is 7.52. The van der Waals surface area contributed by atoms with Gasteiger partial charge < -0.3 is 19.0 Å². The number of benzene rings is 2. The Morgan fingerprint density at radius 3 is 2.67 bits per heavy atom. The molecule has 7 nitrogen and oxygen atoms in total. The van der Waals surface area contributed by atoms with E-state index < -0.39 is 4.92 Å². The number of hydrogen-bond donors (Lipinski definition) is 1. The Hall–Kier alpha value is -2.87. The normalized spacial score (nSPS) is 10.8. The average molecular weight is 345 g/mol. The van der Waals surface area contributed by atoms with Crippen LogP contribution < -0.4 is 9.47 Å². The Bertz CT molecular complexity index is 977. The second-order valence-electron chi connectivity index (χ2n) is 5.15. The largest absolute Gasteiger partial charge is 0.497 e. The minimum Gasteiger partial charge on any atom is -0.497 e. The molecule has 3 aromatic rings. The van der Waals surface area contributed by atoms with Crippen LogP contribution in [0.5, 0.6) is 11.5 Å². The van der Waals surface area contributed by atoms with Gasteiger partial charge in [0.15, 0.2) is 4.77 Å². The fourth-order valence-electron chi connectivity index (χ4n) is 2.57. The lowest BCUT2D eigenvalue weighted by atomic mass is 10.2. The van der Waals surface area contributed by atoms with Crippen LogP contribution in [0.25, 0.3) is 11.0 Å². The maximum absolute atomic E-state index is 10.9. The van der Waals surface area contributed by atoms with Crippen molar-refractivity contribution in [1.29, 1.82) is 0 Å². The lowest BCUT2D eigenvalue weighted by Gasteiger charge is -2.11. The van der Waals surface area contributed by atoms with E-state index in [2.05, 4.69) is 4.98 Å². The van der Waals surface area contributed by atoms with Crippen molar-refractivity contribution in [3.63, 3.8) is 0 Å². The summed E-state index contributed by atoms with van der Waals surface area (Å²) in [5, 5.41) is 10.9. The zero-order chi connectivity index (χ0) is 17.3. The van der Waals surface area contributed by atoms with Gasteiger partial charge in [0.25, 0.3) is 5.69 Å². The third kappa shape index (κ3) is 2.83. The van der Waals surface area contributed by atoms with Gasteiger partial charge in [0.2, 0.25) is 0 Å². The van der Waals surface area contributed by atoms with Crippen LogP contribution in [0.1, 0.15) is 5.56 Å². The Morgan fingerprint density at radius 1 is 1.21 bits per heavy atom. The fourth-order valence-corrected chi connectivity index (χ4v) is 2.85. The number of aromatic nitrogens is 2. The van der Waals surface area contributed by atoms with E-state index in [1.54, 1.807) is 26.4 Å². The Balaban J connectivity index is 2.06. The number of hydrogen-bond acceptors (Lipinski definition) is 5. The molecule has 1 N–H and O–H groups in total. The number of nitrogens with one attached hydrogen (secondary N) is 1. The molecule has 124 valence electrons. The Kier molecular flexibility index (Phi) is 4.22. The molecule has 8 heteroatoms. The minimum atomic E-state index is -0.430. The second-order valence-corrected chi connectivity index (χ2v) is 5.54. The molecule has 2 aromatic carbocycles. The van der Waals surface area contributed by atoms with Gasteiger partial charge in [0, 0.05) is 23.8 Å². The predicted molar refractivity (Wildman–Crippen MR) is 92.4 cm³/mol. The van der Waals surface area contributed by atoms with Crippen molar-refractivity contribution in [2.45, 2.75) is 6.54 Å². The van der Waals surface area contributed by atoms with Gasteiger partial charge >= 0.3 is 0 Å². The molecular formula is C16H15N3O4S. The number of ether oxygens (including phenoxy) is 2. The van der Waals surface area contributed by atoms with Crippen LogP contribution in [-0.2, 0) is 6.54 Å². The summed E-state index contributed by atoms with van der Waals surface area (Å²) in [6.07, 6.45) is 0. The molecule has 0 unspecified atom stereocenters. The molecule has 0 aliphatic carbocycles. The number of fused-ring (bicyclic) bond motifs is 1. The molecule has 0 aliphatic heterocycles. The van der Waals surface area contributed by atoms with Crippen LogP contribution in [0, 0.1) is 14.9 Å². The van der Waals surface area contributed by atoms with Crippen molar-refractivity contribution in [2.75, 3.05) is 14.2 Å². The summed E-state index contributed by atoms with van der Waals surface area (Å²) in [6.45, 7) is 0.476. The quantitative estimate of drug-likeness (QED) is 0.433. The average Bonchev–Trinajstić information content (AvgIpc) is 2.90. The topological polar surface area (TPSA) is 82.3 Å². The van der Waals surface area contributed by atoms with Crippen LogP contribution in [0.3, 0.4) is 0 Å². The number of aromatic amines is 1. The van der Waals surface area contributed by atoms with Gasteiger partial charge in [-0.05, 0) is 30.4 Å². The highest BCUT2D eigenvalue weighted by atomic mass is 32.1. The zero-order valence-corrected chi connectivity index (χ0v) is 13.9. The first kappa shape index (κ1) is 16.0. The molecule has 0 saturated carbocycles. The number of non-ortho nitro benzene ring substituents is 1. The van der Waals surface area contributed by atoms with E-state index in [1.807, 2.05) is 16.7 Å². The molecule has 0 radical (unpaired) electrons. The number of nitro benzene ring substituents is 1. The molecule has 0 saturated heterocycles. The number of nitro groups is 1. The third-order valence-electron chi connectivity index (χ3n) is 3.79. The fraction of sp³-hybridized carbons (Fsp3) is 0.188. The van der Waals surface area contributed by atoms with Crippen molar-refractivity contribution < 1.29 is 14.4 Å². The molecule has 0 fully saturated rings. The summed E-state index contributed by atoms with van der Waals surface area (Å²) in [7, 11) is 3.19. The van der Waals surface area contributed by atoms with Gasteiger partial charge in [-0.1, -0.05) is 0 Å². The van der Waals surface area contributed by atoms with Crippen LogP contribution in [0.4, 0.5) is 5.69 Å². The number of methoxy groups -OCH3 is 2. The van der Waals surface area contributed by atoms with Crippen molar-refractivity contribution in [3.05, 3.63) is 56.8 Å². The van der Waals surface area contributed by atoms with Crippen molar-refractivity contribution in [3.8, 4) is 11.5 Å². The van der Waals surface area contributed by atoms with Gasteiger partial charge in [0.05, 0.1) is 36.7 Å². The van der Waals surface area contributed by atoms with E-state index in [1.165, 1.54) is 12.1 Å². The summed E-state index contributed by atoms with van der Waals surface area (Å²) < 4.78 is 13.0. The summed E-state index contributed by atoms with van der Waals surface area (Å²) in [6, 6.07) is 10.2. The molecule has 0 spiro atoms. The highest BCUT2D eigenvalue weighted by Gasteiger charge is 2.13. The third-order valence-corrected chi connectivity index (χ3v) is 4.11. The molecule has 1 heterocycles. The molecule has 0 bridgehead atoms. The van der Waals surface area contributed by atoms with Crippen molar-refractivity contribution >= 4 is 28.9 Å². The smallest absolute Gasteiger partial charge is 0.271 e. The Labute approximate surface area is 142 Å². The van der Waals surface area contributed by atoms with E-state index in [-0.39, 0.29) is 5.69 Å². The molecule has 1 aromatic heterocycles. The predicted octanol–water partition coefficient (Wildman–Crippen LogP) is 3.67. The number of imidazole rings is 1. The van der Waals surface area contributed by atoms with E-state index >= 15 is 0 Å². The first-order valence-electron chi connectivity index (χ1n) is 7.11. The van der Waals surface area contributed by atoms with E-state index in [9.17, 15) is 10.1 Å². The summed E-state index contributed by atoms with van der Waals surface area (Å²) in [4.78, 5) is 13.5. The maximum Gasteiger partial charge on any atom is 0.271 e. The van der Waals surface area contributed by atoms with Crippen LogP contribution in [-0.4, -0.2) is 28.7 Å². The second kappa shape index (κ2) is 6.32. The molecular weight excluding hydrogens is 330 g/mol. The monoisotopic (exact) mass is 345 g/mol. The number of nitrogens with zero attached hydrogens (tertiary/aromatic N) is 2. The molecule has 3 rings (SSSR count). The van der Waals surface area contributed by atoms with Crippen molar-refractivity contribution in [2.24, 2.45) is 0 Å². The SMILES string of the molecule is COc1ccc(Cn2c(=S)[nH]c3cc([N+](=O)[O-])ccc32)c(OC)c1. The summed E-state index contributed by atoms with van der Waals surface area (Å²) in [5.41, 5.74) is 2.37. The molecule has 0 aliphatic rings. The highest BCUT2D eigenvalue weighted by Crippen LogP contribution is 2.27. The van der Waals surface area contributed by atoms with Crippen LogP contribution in [0.2, 0.25) is 0 Å². The highest BCUT2D eigenvalue weighted by molar-refractivity contribution is 7.71. The van der Waals surface area contributed by atoms with Gasteiger partial charge in [-0.2, -0.15) is 0 Å². The molecule has 0 amide bonds. The minimum absolute atomic E-state index is 0.0212. The van der Waals surface area contributed by atoms with Crippen molar-refractivity contribution in [1.82, 2.24) is 9.55 Å². The number of rotatable bonds is 5. The lowest BCUT2D eigenvalue weighted by Crippen LogP contribution is -2.02. The molecule has 0 atom stereocenters. The maximum atomic E-state index is 10.9. The van der Waals surface area contributed by atoms with Gasteiger partial charge in [0.1, 0.15) is 11.5 Å². The zero-order valence-electron chi connectivity index (χ0n) is 13.1. The Morgan fingerprint density at radius 2 is 2.00 bits per heavy atom. The summed E-state index contributed by atoms with van der Waals surface area (Å²) in [5.74, 6) is 1.39. The van der Waals surface area contributed by atoms with E-state index in [0.29, 0.717) is 28.3 Å². The lowest BCUT2D eigenvalue weighted by molar-refractivity contribution is -0.384. The number of H-pyrrole nitrogens is 1. The van der Waals surface area contributed by atoms with Crippen LogP contribution >= 0.6 is 12.2 Å². The standard InChI is InChI=1S/C16H15N3O4S/c1-22-12-5-3-10(15(8-12)23-2)9-18-14-6-4-11(19(20)21)7-13(14)17-16(18)24/h3-8H,9H2,1-2H3,(H,17,24). The first-order chi connectivity index (χ1) is 11.5. The van der Waals surface area contributed by atoms with E-state index in [4.69, 9.17) is 21.7 Å². The van der Waals surface area contributed by atoms with Gasteiger partial charge in [-0.25, -0.2) is 0 Å². The van der Waals surface area contributed by atoms with Crippen LogP contribution in [0.15, 0.2) is 36.4 Å². The molecule has 24 heavy (non-hydrogen) atoms. The summed E-state index contributed by atoms with van der Waals surface area (Å²) >= 11 is 5.36. The van der Waals surface area contributed by atoms with Gasteiger partial charge in [-0.15, -0.1) is 0 Å². The van der Waals surface area contributed by atoms with E-state index in [0.717, 1.165) is 11.1 Å².